The molecule has 13 heavy (non-hydrogen) atoms. The van der Waals surface area contributed by atoms with Gasteiger partial charge in [-0.2, -0.15) is 0 Å². The standard InChI is InChI=1S/C9H10N2O2/c1-11-6-4-2-3-5-7(6)13-8(10)9(11)12/h2-5,8H,10H2,1H3. The molecule has 1 aromatic rings. The Morgan fingerprint density at radius 2 is 2.15 bits per heavy atom. The molecule has 1 atom stereocenters. The van der Waals surface area contributed by atoms with E-state index in [-0.39, 0.29) is 5.91 Å². The van der Waals surface area contributed by atoms with Crippen LogP contribution < -0.4 is 15.4 Å². The molecule has 0 radical (unpaired) electrons. The molecule has 0 spiro atoms. The molecule has 0 aromatic heterocycles. The lowest BCUT2D eigenvalue weighted by Crippen LogP contribution is -2.48. The molecular weight excluding hydrogens is 168 g/mol. The molecule has 4 heteroatoms. The van der Waals surface area contributed by atoms with Gasteiger partial charge >= 0.3 is 0 Å². The molecule has 1 heterocycles. The minimum absolute atomic E-state index is 0.223. The second-order valence-corrected chi connectivity index (χ2v) is 2.90. The van der Waals surface area contributed by atoms with E-state index in [4.69, 9.17) is 10.5 Å². The van der Waals surface area contributed by atoms with Crippen LogP contribution in [-0.2, 0) is 4.79 Å². The second kappa shape index (κ2) is 2.74. The summed E-state index contributed by atoms with van der Waals surface area (Å²) in [5.74, 6) is 0.427. The zero-order valence-electron chi connectivity index (χ0n) is 7.23. The van der Waals surface area contributed by atoms with Gasteiger partial charge in [0.2, 0.25) is 6.23 Å². The van der Waals surface area contributed by atoms with Crippen molar-refractivity contribution >= 4 is 11.6 Å². The van der Waals surface area contributed by atoms with Gasteiger partial charge in [-0.05, 0) is 12.1 Å². The van der Waals surface area contributed by atoms with Crippen LogP contribution in [0.2, 0.25) is 0 Å². The van der Waals surface area contributed by atoms with Gasteiger partial charge in [0.05, 0.1) is 5.69 Å². The SMILES string of the molecule is CN1C(=O)C(N)Oc2ccccc21. The van der Waals surface area contributed by atoms with E-state index in [1.165, 1.54) is 4.90 Å². The minimum atomic E-state index is -0.875. The number of anilines is 1. The van der Waals surface area contributed by atoms with Crippen LogP contribution in [0.4, 0.5) is 5.69 Å². The Morgan fingerprint density at radius 3 is 2.92 bits per heavy atom. The van der Waals surface area contributed by atoms with E-state index in [9.17, 15) is 4.79 Å². The molecule has 0 saturated carbocycles. The van der Waals surface area contributed by atoms with Gasteiger partial charge in [0.1, 0.15) is 5.75 Å². The molecule has 1 amide bonds. The Bertz CT molecular complexity index is 351. The van der Waals surface area contributed by atoms with Crippen molar-refractivity contribution in [2.75, 3.05) is 11.9 Å². The van der Waals surface area contributed by atoms with E-state index in [2.05, 4.69) is 0 Å². The third-order valence-electron chi connectivity index (χ3n) is 2.05. The highest BCUT2D eigenvalue weighted by atomic mass is 16.5. The van der Waals surface area contributed by atoms with Crippen molar-refractivity contribution < 1.29 is 9.53 Å². The maximum atomic E-state index is 11.4. The smallest absolute Gasteiger partial charge is 0.283 e. The summed E-state index contributed by atoms with van der Waals surface area (Å²) in [6.07, 6.45) is -0.875. The predicted molar refractivity (Wildman–Crippen MR) is 48.5 cm³/mol. The fourth-order valence-electron chi connectivity index (χ4n) is 1.33. The molecule has 0 fully saturated rings. The van der Waals surface area contributed by atoms with Gasteiger partial charge in [-0.3, -0.25) is 10.5 Å². The summed E-state index contributed by atoms with van der Waals surface area (Å²) in [4.78, 5) is 12.9. The Kier molecular flexibility index (Phi) is 1.70. The number of carbonyl (C=O) groups excluding carboxylic acids is 1. The van der Waals surface area contributed by atoms with Crippen LogP contribution in [0.15, 0.2) is 24.3 Å². The first-order valence-corrected chi connectivity index (χ1v) is 3.99. The summed E-state index contributed by atoms with van der Waals surface area (Å²) in [6.45, 7) is 0. The maximum absolute atomic E-state index is 11.4. The third-order valence-corrected chi connectivity index (χ3v) is 2.05. The number of likely N-dealkylation sites (N-methyl/N-ethyl adjacent to an activating group) is 1. The van der Waals surface area contributed by atoms with Crippen molar-refractivity contribution in [3.05, 3.63) is 24.3 Å². The van der Waals surface area contributed by atoms with Gasteiger partial charge < -0.3 is 9.64 Å². The molecular formula is C9H10N2O2. The van der Waals surface area contributed by atoms with Crippen LogP contribution in [0, 0.1) is 0 Å². The normalized spacial score (nSPS) is 20.9. The Labute approximate surface area is 75.9 Å². The molecule has 2 rings (SSSR count). The highest BCUT2D eigenvalue weighted by Gasteiger charge is 2.28. The summed E-state index contributed by atoms with van der Waals surface area (Å²) in [5.41, 5.74) is 6.23. The number of carbonyl (C=O) groups is 1. The van der Waals surface area contributed by atoms with Crippen molar-refractivity contribution in [1.82, 2.24) is 0 Å². The number of rotatable bonds is 0. The van der Waals surface area contributed by atoms with E-state index < -0.39 is 6.23 Å². The van der Waals surface area contributed by atoms with Crippen molar-refractivity contribution in [3.63, 3.8) is 0 Å². The summed E-state index contributed by atoms with van der Waals surface area (Å²) < 4.78 is 5.20. The highest BCUT2D eigenvalue weighted by molar-refractivity contribution is 5.99. The average Bonchev–Trinajstić information content (AvgIpc) is 2.15. The van der Waals surface area contributed by atoms with E-state index in [1.54, 1.807) is 13.1 Å². The summed E-state index contributed by atoms with van der Waals surface area (Å²) >= 11 is 0. The van der Waals surface area contributed by atoms with E-state index >= 15 is 0 Å². The van der Waals surface area contributed by atoms with Crippen LogP contribution >= 0.6 is 0 Å². The number of hydrogen-bond acceptors (Lipinski definition) is 3. The van der Waals surface area contributed by atoms with Crippen LogP contribution in [-0.4, -0.2) is 19.2 Å². The molecule has 1 unspecified atom stereocenters. The summed E-state index contributed by atoms with van der Waals surface area (Å²) in [7, 11) is 1.68. The van der Waals surface area contributed by atoms with Crippen molar-refractivity contribution in [3.8, 4) is 5.75 Å². The zero-order chi connectivity index (χ0) is 9.42. The van der Waals surface area contributed by atoms with Crippen molar-refractivity contribution in [1.29, 1.82) is 0 Å². The maximum Gasteiger partial charge on any atom is 0.283 e. The monoisotopic (exact) mass is 178 g/mol. The Hall–Kier alpha value is -1.55. The van der Waals surface area contributed by atoms with E-state index in [0.29, 0.717) is 5.75 Å². The molecule has 0 bridgehead atoms. The fourth-order valence-corrected chi connectivity index (χ4v) is 1.33. The first kappa shape index (κ1) is 8.07. The Balaban J connectivity index is 2.49. The number of amides is 1. The molecule has 4 nitrogen and oxygen atoms in total. The van der Waals surface area contributed by atoms with Crippen molar-refractivity contribution in [2.45, 2.75) is 6.23 Å². The summed E-state index contributed by atoms with van der Waals surface area (Å²) in [6, 6.07) is 7.30. The first-order chi connectivity index (χ1) is 6.20. The highest BCUT2D eigenvalue weighted by Crippen LogP contribution is 2.31. The molecule has 1 aromatic carbocycles. The summed E-state index contributed by atoms with van der Waals surface area (Å²) in [5, 5.41) is 0. The predicted octanol–water partition coefficient (Wildman–Crippen LogP) is 0.327. The number of ether oxygens (including phenoxy) is 1. The number of benzene rings is 1. The molecule has 0 saturated heterocycles. The molecule has 1 aliphatic rings. The van der Waals surface area contributed by atoms with Gasteiger partial charge in [-0.1, -0.05) is 12.1 Å². The van der Waals surface area contributed by atoms with Gasteiger partial charge in [0, 0.05) is 7.05 Å². The van der Waals surface area contributed by atoms with Crippen molar-refractivity contribution in [2.24, 2.45) is 5.73 Å². The van der Waals surface area contributed by atoms with E-state index in [1.807, 2.05) is 18.2 Å². The van der Waals surface area contributed by atoms with Crippen LogP contribution in [0.1, 0.15) is 0 Å². The number of hydrogen-bond donors (Lipinski definition) is 1. The molecule has 2 N–H and O–H groups in total. The van der Waals surface area contributed by atoms with Crippen LogP contribution in [0.5, 0.6) is 5.75 Å². The van der Waals surface area contributed by atoms with Crippen LogP contribution in [0.3, 0.4) is 0 Å². The minimum Gasteiger partial charge on any atom is -0.464 e. The lowest BCUT2D eigenvalue weighted by atomic mass is 10.2. The second-order valence-electron chi connectivity index (χ2n) is 2.90. The van der Waals surface area contributed by atoms with Gasteiger partial charge in [-0.25, -0.2) is 0 Å². The zero-order valence-corrected chi connectivity index (χ0v) is 7.23. The topological polar surface area (TPSA) is 55.6 Å². The quantitative estimate of drug-likeness (QED) is 0.622. The molecule has 1 aliphatic heterocycles. The number of nitrogens with zero attached hydrogens (tertiary/aromatic N) is 1. The largest absolute Gasteiger partial charge is 0.464 e. The van der Waals surface area contributed by atoms with E-state index in [0.717, 1.165) is 5.69 Å². The molecule has 0 aliphatic carbocycles. The number of nitrogens with two attached hydrogens (primary N) is 1. The first-order valence-electron chi connectivity index (χ1n) is 3.99. The fraction of sp³-hybridized carbons (Fsp3) is 0.222. The average molecular weight is 178 g/mol. The lowest BCUT2D eigenvalue weighted by Gasteiger charge is -2.29. The van der Waals surface area contributed by atoms with Crippen LogP contribution in [0.25, 0.3) is 0 Å². The van der Waals surface area contributed by atoms with Gasteiger partial charge in [0.25, 0.3) is 5.91 Å². The molecule has 68 valence electrons. The Morgan fingerprint density at radius 1 is 1.46 bits per heavy atom. The lowest BCUT2D eigenvalue weighted by molar-refractivity contribution is -0.125. The third kappa shape index (κ3) is 1.15. The number of para-hydroxylation sites is 2. The van der Waals surface area contributed by atoms with Gasteiger partial charge in [-0.15, -0.1) is 0 Å². The van der Waals surface area contributed by atoms with Gasteiger partial charge in [0.15, 0.2) is 0 Å². The number of fused-ring (bicyclic) bond motifs is 1.